The molecule has 0 saturated carbocycles. The summed E-state index contributed by atoms with van der Waals surface area (Å²) in [6.45, 7) is 27.1. The Labute approximate surface area is 198 Å². The molecule has 5 nitrogen and oxygen atoms in total. The van der Waals surface area contributed by atoms with E-state index in [0.717, 1.165) is 11.3 Å². The number of carbonyl (C=O) groups excluding carboxylic acids is 1. The van der Waals surface area contributed by atoms with Crippen LogP contribution in [0.4, 0.5) is 4.79 Å². The van der Waals surface area contributed by atoms with Gasteiger partial charge in [0.1, 0.15) is 5.75 Å². The van der Waals surface area contributed by atoms with Crippen molar-refractivity contribution in [2.75, 3.05) is 13.2 Å². The molecule has 7 heteroatoms. The molecule has 32 heavy (non-hydrogen) atoms. The van der Waals surface area contributed by atoms with Crippen molar-refractivity contribution in [2.45, 2.75) is 97.8 Å². The molecule has 1 aromatic rings. The minimum Gasteiger partial charge on any atom is -0.544 e. The molecule has 0 aliphatic rings. The molecule has 1 aromatic carbocycles. The highest BCUT2D eigenvalue weighted by molar-refractivity contribution is 6.75. The first kappa shape index (κ1) is 28.7. The van der Waals surface area contributed by atoms with Gasteiger partial charge in [0.25, 0.3) is 0 Å². The van der Waals surface area contributed by atoms with E-state index in [9.17, 15) is 4.79 Å². The average Bonchev–Trinajstić information content (AvgIpc) is 2.61. The van der Waals surface area contributed by atoms with Crippen molar-refractivity contribution in [3.8, 4) is 5.75 Å². The zero-order chi connectivity index (χ0) is 25.0. The van der Waals surface area contributed by atoms with Crippen molar-refractivity contribution in [1.82, 2.24) is 5.32 Å². The number of benzene rings is 1. The Morgan fingerprint density at radius 2 is 1.41 bits per heavy atom. The Morgan fingerprint density at radius 1 is 0.906 bits per heavy atom. The van der Waals surface area contributed by atoms with E-state index in [2.05, 4.69) is 85.2 Å². The standard InChI is InChI=1S/C25H47NO4Si2/c1-19(2)18-28-23(27)26-17-22(30-32(11,12)25(6,7)8)20-13-15-21(16-14-20)29-31(9,10)24(3,4)5/h13-16,19,22H,17-18H2,1-12H3,(H,26,27). The molecule has 1 amide bonds. The van der Waals surface area contributed by atoms with Gasteiger partial charge in [-0.25, -0.2) is 4.79 Å². The van der Waals surface area contributed by atoms with Gasteiger partial charge < -0.3 is 18.9 Å². The van der Waals surface area contributed by atoms with Gasteiger partial charge in [-0.15, -0.1) is 0 Å². The van der Waals surface area contributed by atoms with Crippen LogP contribution in [0.25, 0.3) is 0 Å². The first-order valence-electron chi connectivity index (χ1n) is 11.7. The minimum atomic E-state index is -2.05. The van der Waals surface area contributed by atoms with Gasteiger partial charge >= 0.3 is 6.09 Å². The fraction of sp³-hybridized carbons (Fsp3) is 0.720. The third-order valence-electron chi connectivity index (χ3n) is 6.65. The highest BCUT2D eigenvalue weighted by Crippen LogP contribution is 2.40. The molecule has 0 aromatic heterocycles. The molecule has 0 radical (unpaired) electrons. The lowest BCUT2D eigenvalue weighted by Crippen LogP contribution is -2.44. The van der Waals surface area contributed by atoms with Crippen LogP contribution >= 0.6 is 0 Å². The van der Waals surface area contributed by atoms with Crippen LogP contribution in [0.2, 0.25) is 36.3 Å². The zero-order valence-corrected chi connectivity index (χ0v) is 24.5. The number of hydrogen-bond acceptors (Lipinski definition) is 4. The second kappa shape index (κ2) is 10.7. The maximum atomic E-state index is 12.2. The van der Waals surface area contributed by atoms with Crippen molar-refractivity contribution < 1.29 is 18.4 Å². The molecule has 1 N–H and O–H groups in total. The predicted octanol–water partition coefficient (Wildman–Crippen LogP) is 7.52. The van der Waals surface area contributed by atoms with E-state index in [1.165, 1.54) is 0 Å². The third kappa shape index (κ3) is 8.56. The van der Waals surface area contributed by atoms with Crippen molar-refractivity contribution >= 4 is 22.7 Å². The SMILES string of the molecule is CC(C)COC(=O)NCC(O[Si](C)(C)C(C)(C)C)c1ccc(O[Si](C)(C)C(C)(C)C)cc1. The first-order chi connectivity index (χ1) is 14.4. The Balaban J connectivity index is 3.04. The molecule has 184 valence electrons. The molecular weight excluding hydrogens is 434 g/mol. The van der Waals surface area contributed by atoms with Crippen molar-refractivity contribution in [3.05, 3.63) is 29.8 Å². The van der Waals surface area contributed by atoms with E-state index in [4.69, 9.17) is 13.6 Å². The fourth-order valence-electron chi connectivity index (χ4n) is 2.43. The zero-order valence-electron chi connectivity index (χ0n) is 22.5. The van der Waals surface area contributed by atoms with Crippen LogP contribution in [0.1, 0.15) is 67.1 Å². The number of nitrogens with one attached hydrogen (secondary N) is 1. The van der Waals surface area contributed by atoms with E-state index in [1.807, 2.05) is 26.0 Å². The van der Waals surface area contributed by atoms with Crippen molar-refractivity contribution in [1.29, 1.82) is 0 Å². The van der Waals surface area contributed by atoms with Crippen molar-refractivity contribution in [2.24, 2.45) is 5.92 Å². The number of carbonyl (C=O) groups is 1. The highest BCUT2D eigenvalue weighted by Gasteiger charge is 2.40. The molecule has 0 bridgehead atoms. The van der Waals surface area contributed by atoms with E-state index in [1.54, 1.807) is 0 Å². The summed E-state index contributed by atoms with van der Waals surface area (Å²) < 4.78 is 18.4. The Hall–Kier alpha value is -1.32. The second-order valence-corrected chi connectivity index (χ2v) is 21.7. The van der Waals surface area contributed by atoms with Gasteiger partial charge in [0.15, 0.2) is 8.32 Å². The molecule has 0 aliphatic heterocycles. The first-order valence-corrected chi connectivity index (χ1v) is 17.5. The highest BCUT2D eigenvalue weighted by atomic mass is 28.4. The number of hydrogen-bond donors (Lipinski definition) is 1. The summed E-state index contributed by atoms with van der Waals surface area (Å²) in [5.41, 5.74) is 1.03. The van der Waals surface area contributed by atoms with Crippen molar-refractivity contribution in [3.63, 3.8) is 0 Å². The molecule has 0 aliphatic carbocycles. The van der Waals surface area contributed by atoms with E-state index in [0.29, 0.717) is 19.1 Å². The fourth-order valence-corrected chi connectivity index (χ4v) is 4.74. The molecule has 1 atom stereocenters. The number of rotatable bonds is 9. The Morgan fingerprint density at radius 3 is 1.84 bits per heavy atom. The van der Waals surface area contributed by atoms with Gasteiger partial charge in [-0.1, -0.05) is 67.5 Å². The van der Waals surface area contributed by atoms with Crippen LogP contribution in [0.5, 0.6) is 5.75 Å². The van der Waals surface area contributed by atoms with Crippen LogP contribution in [0.15, 0.2) is 24.3 Å². The number of ether oxygens (including phenoxy) is 1. The lowest BCUT2D eigenvalue weighted by Gasteiger charge is -2.39. The van der Waals surface area contributed by atoms with Gasteiger partial charge in [-0.3, -0.25) is 0 Å². The van der Waals surface area contributed by atoms with Gasteiger partial charge in [-0.05, 0) is 59.9 Å². The molecule has 0 heterocycles. The average molecular weight is 482 g/mol. The lowest BCUT2D eigenvalue weighted by atomic mass is 10.1. The minimum absolute atomic E-state index is 0.0643. The molecule has 0 spiro atoms. The topological polar surface area (TPSA) is 56.8 Å². The Kier molecular flexibility index (Phi) is 9.64. The van der Waals surface area contributed by atoms with Crippen LogP contribution < -0.4 is 9.74 Å². The summed E-state index contributed by atoms with van der Waals surface area (Å²) in [6.07, 6.45) is -0.648. The van der Waals surface area contributed by atoms with E-state index < -0.39 is 22.7 Å². The van der Waals surface area contributed by atoms with E-state index >= 15 is 0 Å². The van der Waals surface area contributed by atoms with Gasteiger partial charge in [0.05, 0.1) is 19.3 Å². The smallest absolute Gasteiger partial charge is 0.407 e. The summed E-state index contributed by atoms with van der Waals surface area (Å²) in [5, 5.41) is 3.10. The number of alkyl carbamates (subject to hydrolysis) is 1. The van der Waals surface area contributed by atoms with Crippen LogP contribution in [0.3, 0.4) is 0 Å². The largest absolute Gasteiger partial charge is 0.544 e. The summed E-state index contributed by atoms with van der Waals surface area (Å²) in [5.74, 6) is 1.18. The van der Waals surface area contributed by atoms with Crippen LogP contribution in [-0.4, -0.2) is 35.9 Å². The summed E-state index contributed by atoms with van der Waals surface area (Å²) in [4.78, 5) is 12.2. The van der Waals surface area contributed by atoms with Crippen LogP contribution in [0, 0.1) is 5.92 Å². The van der Waals surface area contributed by atoms with Crippen LogP contribution in [-0.2, 0) is 9.16 Å². The quantitative estimate of drug-likeness (QED) is 0.371. The summed E-state index contributed by atoms with van der Waals surface area (Å²) in [7, 11) is -3.95. The summed E-state index contributed by atoms with van der Waals surface area (Å²) >= 11 is 0. The molecule has 1 unspecified atom stereocenters. The predicted molar refractivity (Wildman–Crippen MR) is 139 cm³/mol. The lowest BCUT2D eigenvalue weighted by molar-refractivity contribution is 0.123. The maximum absolute atomic E-state index is 12.2. The second-order valence-electron chi connectivity index (χ2n) is 12.2. The normalized spacial score (nSPS) is 14.3. The Bertz CT molecular complexity index is 732. The molecule has 1 rings (SSSR count). The maximum Gasteiger partial charge on any atom is 0.407 e. The monoisotopic (exact) mass is 481 g/mol. The molecule has 0 saturated heterocycles. The molecular formula is C25H47NO4Si2. The van der Waals surface area contributed by atoms with Gasteiger partial charge in [-0.2, -0.15) is 0 Å². The van der Waals surface area contributed by atoms with Gasteiger partial charge in [0, 0.05) is 0 Å². The third-order valence-corrected chi connectivity index (χ3v) is 15.5. The molecule has 0 fully saturated rings. The number of amides is 1. The summed E-state index contributed by atoms with van der Waals surface area (Å²) in [6, 6.07) is 8.16. The van der Waals surface area contributed by atoms with E-state index in [-0.39, 0.29) is 16.2 Å². The van der Waals surface area contributed by atoms with Gasteiger partial charge in [0.2, 0.25) is 8.32 Å².